The molecule has 0 unspecified atom stereocenters. The van der Waals surface area contributed by atoms with Gasteiger partial charge < -0.3 is 14.8 Å². The van der Waals surface area contributed by atoms with Gasteiger partial charge in [0.05, 0.1) is 0 Å². The van der Waals surface area contributed by atoms with Gasteiger partial charge in [-0.1, -0.05) is 47.6 Å². The Hall–Kier alpha value is -2.50. The summed E-state index contributed by atoms with van der Waals surface area (Å²) in [4.78, 5) is 25.9. The Labute approximate surface area is 166 Å². The molecule has 3 rings (SSSR count). The molecule has 0 aromatic heterocycles. The number of urea groups is 1. The Bertz CT molecular complexity index is 857. The second kappa shape index (κ2) is 6.83. The second-order valence-corrected chi connectivity index (χ2v) is 9.28. The number of fused-ring (bicyclic) bond motifs is 1. The fourth-order valence-electron chi connectivity index (χ4n) is 3.55. The van der Waals surface area contributed by atoms with Gasteiger partial charge in [-0.05, 0) is 29.4 Å². The number of benzene rings is 1. The maximum absolute atomic E-state index is 12.6. The Balaban J connectivity index is 2.27. The van der Waals surface area contributed by atoms with Crippen molar-refractivity contribution in [1.82, 2.24) is 10.2 Å². The molecule has 2 aliphatic rings. The molecule has 1 fully saturated rings. The van der Waals surface area contributed by atoms with E-state index in [0.29, 0.717) is 25.5 Å². The first-order chi connectivity index (χ1) is 12.9. The summed E-state index contributed by atoms with van der Waals surface area (Å²) in [5.74, 6) is 1.05. The van der Waals surface area contributed by atoms with Gasteiger partial charge in [0.15, 0.2) is 11.5 Å². The predicted octanol–water partition coefficient (Wildman–Crippen LogP) is 3.97. The van der Waals surface area contributed by atoms with Gasteiger partial charge in [0, 0.05) is 17.7 Å². The Morgan fingerprint density at radius 1 is 1.00 bits per heavy atom. The largest absolute Gasteiger partial charge is 0.486 e. The SMILES string of the molecule is CCN1C(=O)N/C(=C\c2c(C(C)(C)C)cc(C(C)(C)C)c3c2OCCO3)C1=O. The highest BCUT2D eigenvalue weighted by atomic mass is 16.6. The van der Waals surface area contributed by atoms with Gasteiger partial charge in [0.2, 0.25) is 0 Å². The van der Waals surface area contributed by atoms with E-state index in [1.807, 2.05) is 0 Å². The average molecular weight is 386 g/mol. The smallest absolute Gasteiger partial charge is 0.328 e. The number of hydrogen-bond acceptors (Lipinski definition) is 4. The number of amides is 3. The van der Waals surface area contributed by atoms with Crippen LogP contribution in [-0.2, 0) is 15.6 Å². The molecule has 3 amide bonds. The number of carbonyl (C=O) groups is 2. The molecule has 1 aromatic rings. The maximum Gasteiger partial charge on any atom is 0.328 e. The van der Waals surface area contributed by atoms with Crippen LogP contribution in [0.15, 0.2) is 11.8 Å². The summed E-state index contributed by atoms with van der Waals surface area (Å²) in [6.07, 6.45) is 1.73. The summed E-state index contributed by atoms with van der Waals surface area (Å²) in [7, 11) is 0. The van der Waals surface area contributed by atoms with Crippen LogP contribution in [0.4, 0.5) is 4.79 Å². The van der Waals surface area contributed by atoms with E-state index < -0.39 is 6.03 Å². The van der Waals surface area contributed by atoms with Gasteiger partial charge in [0.25, 0.3) is 5.91 Å². The quantitative estimate of drug-likeness (QED) is 0.617. The lowest BCUT2D eigenvalue weighted by molar-refractivity contribution is -0.122. The normalized spacial score (nSPS) is 18.7. The van der Waals surface area contributed by atoms with E-state index in [9.17, 15) is 9.59 Å². The van der Waals surface area contributed by atoms with Crippen molar-refractivity contribution in [3.63, 3.8) is 0 Å². The second-order valence-electron chi connectivity index (χ2n) is 9.28. The Morgan fingerprint density at radius 2 is 1.57 bits per heavy atom. The van der Waals surface area contributed by atoms with Crippen LogP contribution in [0.2, 0.25) is 0 Å². The first-order valence-electron chi connectivity index (χ1n) is 9.77. The number of rotatable bonds is 2. The van der Waals surface area contributed by atoms with E-state index in [4.69, 9.17) is 9.47 Å². The fraction of sp³-hybridized carbons (Fsp3) is 0.545. The predicted molar refractivity (Wildman–Crippen MR) is 109 cm³/mol. The van der Waals surface area contributed by atoms with E-state index in [2.05, 4.69) is 52.9 Å². The van der Waals surface area contributed by atoms with Crippen molar-refractivity contribution in [1.29, 1.82) is 0 Å². The zero-order valence-corrected chi connectivity index (χ0v) is 17.9. The standard InChI is InChI=1S/C22H30N2O4/c1-8-24-19(25)16(23-20(24)26)11-13-14(21(2,3)4)12-15(22(5,6)7)18-17(13)27-9-10-28-18/h11-12H,8-10H2,1-7H3,(H,23,26)/b16-11-. The van der Waals surface area contributed by atoms with Gasteiger partial charge >= 0.3 is 6.03 Å². The van der Waals surface area contributed by atoms with Crippen LogP contribution in [0.25, 0.3) is 6.08 Å². The number of imide groups is 1. The minimum Gasteiger partial charge on any atom is -0.486 e. The topological polar surface area (TPSA) is 67.9 Å². The molecule has 6 nitrogen and oxygen atoms in total. The average Bonchev–Trinajstić information content (AvgIpc) is 2.86. The number of carbonyl (C=O) groups excluding carboxylic acids is 2. The molecule has 1 N–H and O–H groups in total. The summed E-state index contributed by atoms with van der Waals surface area (Å²) in [6, 6.07) is 1.76. The lowest BCUT2D eigenvalue weighted by atomic mass is 9.77. The number of ether oxygens (including phenoxy) is 2. The maximum atomic E-state index is 12.6. The molecule has 28 heavy (non-hydrogen) atoms. The monoisotopic (exact) mass is 386 g/mol. The van der Waals surface area contributed by atoms with Gasteiger partial charge in [-0.25, -0.2) is 4.79 Å². The molecule has 0 atom stereocenters. The molecule has 0 saturated carbocycles. The molecule has 2 heterocycles. The summed E-state index contributed by atoms with van der Waals surface area (Å²) in [6.45, 7) is 15.8. The molecule has 6 heteroatoms. The van der Waals surface area contributed by atoms with Crippen molar-refractivity contribution in [2.45, 2.75) is 59.3 Å². The van der Waals surface area contributed by atoms with Crippen molar-refractivity contribution in [3.8, 4) is 11.5 Å². The minimum atomic E-state index is -0.395. The van der Waals surface area contributed by atoms with Gasteiger partial charge in [-0.15, -0.1) is 0 Å². The molecule has 0 radical (unpaired) electrons. The number of likely N-dealkylation sites (N-methyl/N-ethyl adjacent to an activating group) is 1. The third kappa shape index (κ3) is 3.48. The fourth-order valence-corrected chi connectivity index (χ4v) is 3.55. The summed E-state index contributed by atoms with van der Waals surface area (Å²) in [5, 5.41) is 2.69. The number of nitrogens with zero attached hydrogens (tertiary/aromatic N) is 1. The van der Waals surface area contributed by atoms with Crippen LogP contribution in [0, 0.1) is 0 Å². The van der Waals surface area contributed by atoms with Gasteiger partial charge in [0.1, 0.15) is 18.9 Å². The van der Waals surface area contributed by atoms with E-state index in [0.717, 1.165) is 22.4 Å². The Kier molecular flexibility index (Phi) is 4.94. The highest BCUT2D eigenvalue weighted by Crippen LogP contribution is 2.47. The van der Waals surface area contributed by atoms with E-state index in [-0.39, 0.29) is 22.4 Å². The highest BCUT2D eigenvalue weighted by molar-refractivity contribution is 6.14. The molecule has 0 spiro atoms. The van der Waals surface area contributed by atoms with Crippen LogP contribution >= 0.6 is 0 Å². The van der Waals surface area contributed by atoms with Crippen molar-refractivity contribution >= 4 is 18.0 Å². The van der Waals surface area contributed by atoms with E-state index >= 15 is 0 Å². The van der Waals surface area contributed by atoms with Gasteiger partial charge in [-0.3, -0.25) is 9.69 Å². The van der Waals surface area contributed by atoms with Crippen LogP contribution in [-0.4, -0.2) is 36.6 Å². The lowest BCUT2D eigenvalue weighted by Crippen LogP contribution is -2.30. The number of nitrogens with one attached hydrogen (secondary N) is 1. The van der Waals surface area contributed by atoms with Crippen molar-refractivity contribution in [3.05, 3.63) is 28.5 Å². The highest BCUT2D eigenvalue weighted by Gasteiger charge is 2.35. The summed E-state index contributed by atoms with van der Waals surface area (Å²) < 4.78 is 12.1. The Morgan fingerprint density at radius 3 is 2.07 bits per heavy atom. The molecule has 2 aliphatic heterocycles. The first kappa shape index (κ1) is 20.2. The molecule has 0 aliphatic carbocycles. The van der Waals surface area contributed by atoms with Crippen LogP contribution in [0.5, 0.6) is 11.5 Å². The summed E-state index contributed by atoms with van der Waals surface area (Å²) >= 11 is 0. The van der Waals surface area contributed by atoms with Crippen molar-refractivity contribution in [2.24, 2.45) is 0 Å². The lowest BCUT2D eigenvalue weighted by Gasteiger charge is -2.33. The van der Waals surface area contributed by atoms with Crippen LogP contribution in [0.3, 0.4) is 0 Å². The third-order valence-electron chi connectivity index (χ3n) is 5.03. The molecule has 0 bridgehead atoms. The van der Waals surface area contributed by atoms with Crippen molar-refractivity contribution in [2.75, 3.05) is 19.8 Å². The molecule has 1 saturated heterocycles. The molecule has 1 aromatic carbocycles. The minimum absolute atomic E-state index is 0.132. The van der Waals surface area contributed by atoms with E-state index in [1.165, 1.54) is 4.90 Å². The molecule has 152 valence electrons. The zero-order chi connectivity index (χ0) is 20.9. The number of hydrogen-bond donors (Lipinski definition) is 1. The molecular weight excluding hydrogens is 356 g/mol. The summed E-state index contributed by atoms with van der Waals surface area (Å²) in [5.41, 5.74) is 2.84. The van der Waals surface area contributed by atoms with Crippen LogP contribution in [0.1, 0.15) is 65.2 Å². The molecular formula is C22H30N2O4. The van der Waals surface area contributed by atoms with Crippen LogP contribution < -0.4 is 14.8 Å². The van der Waals surface area contributed by atoms with Gasteiger partial charge in [-0.2, -0.15) is 0 Å². The third-order valence-corrected chi connectivity index (χ3v) is 5.03. The van der Waals surface area contributed by atoms with Crippen molar-refractivity contribution < 1.29 is 19.1 Å². The zero-order valence-electron chi connectivity index (χ0n) is 17.9. The van der Waals surface area contributed by atoms with E-state index in [1.54, 1.807) is 13.0 Å². The first-order valence-corrected chi connectivity index (χ1v) is 9.77.